The van der Waals surface area contributed by atoms with Crippen LogP contribution in [0, 0.1) is 5.41 Å². The largest absolute Gasteiger partial charge is 0.383 e. The van der Waals surface area contributed by atoms with Gasteiger partial charge in [-0.1, -0.05) is 44.2 Å². The predicted octanol–water partition coefficient (Wildman–Crippen LogP) is 2.62. The van der Waals surface area contributed by atoms with Crippen molar-refractivity contribution in [3.05, 3.63) is 35.9 Å². The molecule has 1 saturated heterocycles. The first-order chi connectivity index (χ1) is 13.1. The second-order valence-electron chi connectivity index (χ2n) is 8.58. The number of aliphatic hydroxyl groups excluding tert-OH is 1. The van der Waals surface area contributed by atoms with Crippen LogP contribution in [0.15, 0.2) is 30.3 Å². The van der Waals surface area contributed by atoms with Crippen LogP contribution in [0.1, 0.15) is 52.5 Å². The average molecular weight is 392 g/mol. The molecule has 0 spiro atoms. The zero-order valence-corrected chi connectivity index (χ0v) is 17.4. The lowest BCUT2D eigenvalue weighted by atomic mass is 9.82. The van der Waals surface area contributed by atoms with Gasteiger partial charge >= 0.3 is 0 Å². The first-order valence-corrected chi connectivity index (χ1v) is 9.95. The van der Waals surface area contributed by atoms with E-state index in [0.717, 1.165) is 5.56 Å². The lowest BCUT2D eigenvalue weighted by molar-refractivity contribution is -0.303. The zero-order chi connectivity index (χ0) is 20.8. The minimum absolute atomic E-state index is 0.0157. The van der Waals surface area contributed by atoms with E-state index in [9.17, 15) is 14.7 Å². The highest BCUT2D eigenvalue weighted by molar-refractivity contribution is 5.84. The SMILES string of the molecule is CC1(C)OCC(C)(C)[C@H](C(=O)CCCC(O)C(=O)NCCc2ccccc2)O1. The van der Waals surface area contributed by atoms with Gasteiger partial charge in [-0.15, -0.1) is 0 Å². The highest BCUT2D eigenvalue weighted by Crippen LogP contribution is 2.35. The third kappa shape index (κ3) is 6.69. The van der Waals surface area contributed by atoms with E-state index in [-0.39, 0.29) is 18.6 Å². The fourth-order valence-corrected chi connectivity index (χ4v) is 3.24. The van der Waals surface area contributed by atoms with Crippen molar-refractivity contribution < 1.29 is 24.2 Å². The van der Waals surface area contributed by atoms with Crippen LogP contribution in [0.5, 0.6) is 0 Å². The Balaban J connectivity index is 1.71. The molecule has 1 heterocycles. The number of amides is 1. The summed E-state index contributed by atoms with van der Waals surface area (Å²) >= 11 is 0. The van der Waals surface area contributed by atoms with Crippen molar-refractivity contribution in [2.75, 3.05) is 13.2 Å². The molecule has 0 radical (unpaired) electrons. The van der Waals surface area contributed by atoms with Crippen molar-refractivity contribution in [1.82, 2.24) is 5.32 Å². The van der Waals surface area contributed by atoms with Gasteiger partial charge in [0.25, 0.3) is 0 Å². The number of ether oxygens (including phenoxy) is 2. The number of rotatable bonds is 9. The monoisotopic (exact) mass is 391 g/mol. The van der Waals surface area contributed by atoms with E-state index >= 15 is 0 Å². The van der Waals surface area contributed by atoms with Gasteiger partial charge in [0, 0.05) is 18.4 Å². The summed E-state index contributed by atoms with van der Waals surface area (Å²) in [4.78, 5) is 24.6. The Bertz CT molecular complexity index is 656. The maximum Gasteiger partial charge on any atom is 0.248 e. The molecular weight excluding hydrogens is 358 g/mol. The van der Waals surface area contributed by atoms with Crippen LogP contribution in [0.4, 0.5) is 0 Å². The van der Waals surface area contributed by atoms with Crippen molar-refractivity contribution in [3.8, 4) is 0 Å². The summed E-state index contributed by atoms with van der Waals surface area (Å²) in [6.07, 6.45) is -0.00149. The number of benzene rings is 1. The summed E-state index contributed by atoms with van der Waals surface area (Å²) in [5.74, 6) is -1.20. The minimum Gasteiger partial charge on any atom is -0.383 e. The number of hydrogen-bond donors (Lipinski definition) is 2. The van der Waals surface area contributed by atoms with Crippen molar-refractivity contribution in [2.24, 2.45) is 5.41 Å². The van der Waals surface area contributed by atoms with E-state index < -0.39 is 29.3 Å². The molecule has 156 valence electrons. The van der Waals surface area contributed by atoms with E-state index in [0.29, 0.717) is 26.0 Å². The zero-order valence-electron chi connectivity index (χ0n) is 17.4. The lowest BCUT2D eigenvalue weighted by Crippen LogP contribution is -2.53. The number of hydrogen-bond acceptors (Lipinski definition) is 5. The summed E-state index contributed by atoms with van der Waals surface area (Å²) < 4.78 is 11.5. The molecule has 6 nitrogen and oxygen atoms in total. The maximum absolute atomic E-state index is 12.6. The van der Waals surface area contributed by atoms with Gasteiger partial charge in [-0.3, -0.25) is 9.59 Å². The Labute approximate surface area is 167 Å². The Morgan fingerprint density at radius 1 is 1.21 bits per heavy atom. The number of ketones is 1. The third-order valence-corrected chi connectivity index (χ3v) is 4.95. The van der Waals surface area contributed by atoms with Gasteiger partial charge in [-0.2, -0.15) is 0 Å². The van der Waals surface area contributed by atoms with Gasteiger partial charge in [0.05, 0.1) is 6.61 Å². The fraction of sp³-hybridized carbons (Fsp3) is 0.636. The molecule has 1 fully saturated rings. The van der Waals surface area contributed by atoms with Crippen LogP contribution in [0.2, 0.25) is 0 Å². The van der Waals surface area contributed by atoms with Crippen molar-refractivity contribution in [2.45, 2.75) is 71.4 Å². The van der Waals surface area contributed by atoms with E-state index in [2.05, 4.69) is 5.32 Å². The summed E-state index contributed by atoms with van der Waals surface area (Å²) in [5.41, 5.74) is 0.727. The third-order valence-electron chi connectivity index (χ3n) is 4.95. The number of carbonyl (C=O) groups is 2. The number of carbonyl (C=O) groups excluding carboxylic acids is 2. The van der Waals surface area contributed by atoms with Gasteiger partial charge in [0.15, 0.2) is 11.6 Å². The highest BCUT2D eigenvalue weighted by Gasteiger charge is 2.45. The Kier molecular flexibility index (Phi) is 7.75. The van der Waals surface area contributed by atoms with Gasteiger partial charge in [0.1, 0.15) is 12.2 Å². The van der Waals surface area contributed by atoms with Crippen LogP contribution in [-0.2, 0) is 25.5 Å². The van der Waals surface area contributed by atoms with E-state index in [1.807, 2.05) is 44.2 Å². The van der Waals surface area contributed by atoms with Crippen molar-refractivity contribution in [1.29, 1.82) is 0 Å². The van der Waals surface area contributed by atoms with E-state index in [1.54, 1.807) is 13.8 Å². The Morgan fingerprint density at radius 3 is 2.57 bits per heavy atom. The first kappa shape index (κ1) is 22.5. The molecular formula is C22H33NO5. The van der Waals surface area contributed by atoms with Crippen LogP contribution in [0.3, 0.4) is 0 Å². The van der Waals surface area contributed by atoms with Crippen molar-refractivity contribution in [3.63, 3.8) is 0 Å². The molecule has 1 aliphatic heterocycles. The quantitative estimate of drug-likeness (QED) is 0.676. The average Bonchev–Trinajstić information content (AvgIpc) is 2.64. The van der Waals surface area contributed by atoms with Crippen LogP contribution in [0.25, 0.3) is 0 Å². The molecule has 1 aliphatic rings. The summed E-state index contributed by atoms with van der Waals surface area (Å²) in [6, 6.07) is 9.84. The van der Waals surface area contributed by atoms with Crippen LogP contribution in [-0.4, -0.2) is 47.9 Å². The van der Waals surface area contributed by atoms with Gasteiger partial charge in [0.2, 0.25) is 5.91 Å². The van der Waals surface area contributed by atoms with Gasteiger partial charge < -0.3 is 19.9 Å². The smallest absolute Gasteiger partial charge is 0.248 e. The Morgan fingerprint density at radius 2 is 1.89 bits per heavy atom. The van der Waals surface area contributed by atoms with Crippen LogP contribution >= 0.6 is 0 Å². The topological polar surface area (TPSA) is 84.9 Å². The number of Topliss-reactive ketones (excluding diaryl/α,β-unsaturated/α-hetero) is 1. The number of aliphatic hydroxyl groups is 1. The molecule has 1 aromatic rings. The predicted molar refractivity (Wildman–Crippen MR) is 107 cm³/mol. The molecule has 0 saturated carbocycles. The second-order valence-corrected chi connectivity index (χ2v) is 8.58. The molecule has 28 heavy (non-hydrogen) atoms. The second kappa shape index (κ2) is 9.63. The maximum atomic E-state index is 12.6. The van der Waals surface area contributed by atoms with Gasteiger partial charge in [-0.25, -0.2) is 0 Å². The normalized spacial score (nSPS) is 21.7. The molecule has 2 atom stereocenters. The molecule has 2 rings (SSSR count). The number of nitrogens with one attached hydrogen (secondary N) is 1. The highest BCUT2D eigenvalue weighted by atomic mass is 16.7. The fourth-order valence-electron chi connectivity index (χ4n) is 3.24. The van der Waals surface area contributed by atoms with Crippen molar-refractivity contribution >= 4 is 11.7 Å². The van der Waals surface area contributed by atoms with Crippen LogP contribution < -0.4 is 5.32 Å². The molecule has 2 N–H and O–H groups in total. The Hall–Kier alpha value is -1.76. The standard InChI is InChI=1S/C22H33NO5/c1-21(2)15-27-22(3,4)28-19(21)17(24)11-8-12-18(25)20(26)23-14-13-16-9-6-5-7-10-16/h5-7,9-10,18-19,25H,8,11-15H2,1-4H3,(H,23,26)/t18?,19-/m0/s1. The molecule has 1 aromatic carbocycles. The molecule has 1 unspecified atom stereocenters. The summed E-state index contributed by atoms with van der Waals surface area (Å²) in [6.45, 7) is 8.40. The molecule has 0 aromatic heterocycles. The first-order valence-electron chi connectivity index (χ1n) is 9.95. The summed E-state index contributed by atoms with van der Waals surface area (Å²) in [7, 11) is 0. The van der Waals surface area contributed by atoms with Gasteiger partial charge in [-0.05, 0) is 38.7 Å². The lowest BCUT2D eigenvalue weighted by Gasteiger charge is -2.45. The van der Waals surface area contributed by atoms with E-state index in [1.165, 1.54) is 0 Å². The molecule has 0 bridgehead atoms. The molecule has 0 aliphatic carbocycles. The molecule has 1 amide bonds. The molecule has 6 heteroatoms. The van der Waals surface area contributed by atoms with E-state index in [4.69, 9.17) is 9.47 Å². The minimum atomic E-state index is -1.11. The summed E-state index contributed by atoms with van der Waals surface area (Å²) in [5, 5.41) is 12.8.